The van der Waals surface area contributed by atoms with Gasteiger partial charge in [-0.3, -0.25) is 9.69 Å². The zero-order valence-corrected chi connectivity index (χ0v) is 22.8. The minimum Gasteiger partial charge on any atom is -0.478 e. The topological polar surface area (TPSA) is 128 Å². The first-order chi connectivity index (χ1) is 19.2. The van der Waals surface area contributed by atoms with Gasteiger partial charge in [0.15, 0.2) is 0 Å². The molecule has 3 heterocycles. The van der Waals surface area contributed by atoms with Crippen molar-refractivity contribution in [3.63, 3.8) is 0 Å². The Bertz CT molecular complexity index is 1640. The number of aromatic nitrogens is 2. The van der Waals surface area contributed by atoms with E-state index in [2.05, 4.69) is 6.58 Å². The lowest BCUT2D eigenvalue weighted by atomic mass is 9.86. The number of carboxylic acid groups (broad SMARTS) is 1. The maximum absolute atomic E-state index is 13.7. The molecule has 2 aliphatic rings. The second-order valence-corrected chi connectivity index (χ2v) is 10.2. The number of carbonyl (C=O) groups is 3. The molecule has 40 heavy (non-hydrogen) atoms. The zero-order valence-electron chi connectivity index (χ0n) is 22.8. The molecule has 5 rings (SSSR count). The fraction of sp³-hybridized carbons (Fsp3) is 0.367. The number of carbonyl (C=O) groups excluding carboxylic acids is 2. The molecular formula is C30H31N3O7. The van der Waals surface area contributed by atoms with E-state index in [-0.39, 0.29) is 17.7 Å². The number of aliphatic carboxylic acids is 1. The van der Waals surface area contributed by atoms with Crippen molar-refractivity contribution in [3.05, 3.63) is 68.5 Å². The molecular weight excluding hydrogens is 514 g/mol. The molecule has 2 aromatic heterocycles. The smallest absolute Gasteiger partial charge is 0.414 e. The lowest BCUT2D eigenvalue weighted by Gasteiger charge is -2.26. The molecule has 1 unspecified atom stereocenters. The molecule has 0 bridgehead atoms. The zero-order chi connectivity index (χ0) is 28.7. The number of hydrogen-bond donors (Lipinski definition) is 1. The number of benzene rings is 1. The van der Waals surface area contributed by atoms with E-state index in [1.54, 1.807) is 11.6 Å². The van der Waals surface area contributed by atoms with Gasteiger partial charge in [-0.15, -0.1) is 0 Å². The monoisotopic (exact) mass is 545 g/mol. The molecule has 0 spiro atoms. The number of amides is 1. The molecule has 3 aromatic rings. The predicted molar refractivity (Wildman–Crippen MR) is 149 cm³/mol. The van der Waals surface area contributed by atoms with Crippen molar-refractivity contribution in [3.8, 4) is 11.4 Å². The minimum atomic E-state index is -1.22. The summed E-state index contributed by atoms with van der Waals surface area (Å²) < 4.78 is 12.2. The van der Waals surface area contributed by atoms with Crippen molar-refractivity contribution >= 4 is 34.9 Å². The highest BCUT2D eigenvalue weighted by Gasteiger charge is 2.32. The van der Waals surface area contributed by atoms with E-state index in [0.29, 0.717) is 35.5 Å². The molecule has 1 N–H and O–H groups in total. The van der Waals surface area contributed by atoms with Crippen molar-refractivity contribution in [2.24, 2.45) is 0 Å². The standard InChI is InChI=1S/C30H31N3O7/c1-5-17(13-34)20-11-25-27-21(12-33(25)28(35)22(20)15-39-4)18-7-6-8-19-24(10-9-23(31-27)26(18)19)32(3)30(38)40-14-16(2)29(36)37/h9-11,13,17H,2,5-8,12,14-15H2,1,3-4H3,(H,36,37). The number of ether oxygens (including phenoxy) is 2. The number of carboxylic acids is 1. The SMILES string of the molecule is C=C(COC(=O)N(C)c1ccc2nc3c(c4c2c1CCC4)Cn1c-3cc(C(C=O)CC)c(COC)c1=O)C(=O)O. The van der Waals surface area contributed by atoms with Gasteiger partial charge in [0.2, 0.25) is 0 Å². The van der Waals surface area contributed by atoms with Crippen LogP contribution < -0.4 is 10.5 Å². The fourth-order valence-corrected chi connectivity index (χ4v) is 5.84. The van der Waals surface area contributed by atoms with Crippen LogP contribution in [0.15, 0.2) is 35.1 Å². The van der Waals surface area contributed by atoms with Crippen LogP contribution in [0.1, 0.15) is 53.5 Å². The van der Waals surface area contributed by atoms with Crippen LogP contribution in [0.5, 0.6) is 0 Å². The summed E-state index contributed by atoms with van der Waals surface area (Å²) in [6.45, 7) is 5.39. The molecule has 0 saturated carbocycles. The maximum Gasteiger partial charge on any atom is 0.414 e. The third kappa shape index (κ3) is 4.38. The number of nitrogens with zero attached hydrogens (tertiary/aromatic N) is 3. The summed E-state index contributed by atoms with van der Waals surface area (Å²) in [5.74, 6) is -1.64. The van der Waals surface area contributed by atoms with Gasteiger partial charge >= 0.3 is 12.1 Å². The quantitative estimate of drug-likeness (QED) is 0.247. The molecule has 1 aliphatic carbocycles. The highest BCUT2D eigenvalue weighted by molar-refractivity contribution is 5.98. The molecule has 0 fully saturated rings. The van der Waals surface area contributed by atoms with E-state index in [0.717, 1.165) is 58.8 Å². The predicted octanol–water partition coefficient (Wildman–Crippen LogP) is 3.97. The van der Waals surface area contributed by atoms with Gasteiger partial charge in [0, 0.05) is 36.6 Å². The number of fused-ring (bicyclic) bond motifs is 4. The van der Waals surface area contributed by atoms with E-state index >= 15 is 0 Å². The lowest BCUT2D eigenvalue weighted by Crippen LogP contribution is -2.29. The van der Waals surface area contributed by atoms with Crippen molar-refractivity contribution in [2.45, 2.75) is 51.7 Å². The third-order valence-electron chi connectivity index (χ3n) is 7.90. The van der Waals surface area contributed by atoms with Gasteiger partial charge in [0.25, 0.3) is 5.56 Å². The molecule has 0 saturated heterocycles. The minimum absolute atomic E-state index is 0.118. The van der Waals surface area contributed by atoms with Gasteiger partial charge in [0.1, 0.15) is 12.9 Å². The largest absolute Gasteiger partial charge is 0.478 e. The fourth-order valence-electron chi connectivity index (χ4n) is 5.84. The number of pyridine rings is 2. The Morgan fingerprint density at radius 2 is 2.00 bits per heavy atom. The molecule has 1 amide bonds. The number of anilines is 1. The second kappa shape index (κ2) is 10.7. The summed E-state index contributed by atoms with van der Waals surface area (Å²) in [7, 11) is 3.12. The van der Waals surface area contributed by atoms with Crippen LogP contribution in [-0.4, -0.2) is 53.8 Å². The summed E-state index contributed by atoms with van der Waals surface area (Å²) in [4.78, 5) is 55.7. The van der Waals surface area contributed by atoms with Gasteiger partial charge in [-0.2, -0.15) is 0 Å². The van der Waals surface area contributed by atoms with Crippen molar-refractivity contribution in [1.29, 1.82) is 0 Å². The lowest BCUT2D eigenvalue weighted by molar-refractivity contribution is -0.133. The summed E-state index contributed by atoms with van der Waals surface area (Å²) in [5, 5.41) is 9.97. The first-order valence-corrected chi connectivity index (χ1v) is 13.2. The summed E-state index contributed by atoms with van der Waals surface area (Å²) in [6, 6.07) is 5.58. The van der Waals surface area contributed by atoms with Gasteiger partial charge in [0.05, 0.1) is 41.3 Å². The Hall–Kier alpha value is -4.31. The van der Waals surface area contributed by atoms with Crippen molar-refractivity contribution in [2.75, 3.05) is 25.7 Å². The molecule has 1 aromatic carbocycles. The summed E-state index contributed by atoms with van der Waals surface area (Å²) >= 11 is 0. The number of hydrogen-bond acceptors (Lipinski definition) is 7. The van der Waals surface area contributed by atoms with Gasteiger partial charge in [-0.25, -0.2) is 14.6 Å². The van der Waals surface area contributed by atoms with Crippen LogP contribution in [0.2, 0.25) is 0 Å². The van der Waals surface area contributed by atoms with Crippen LogP contribution in [0.4, 0.5) is 10.5 Å². The van der Waals surface area contributed by atoms with E-state index in [4.69, 9.17) is 19.6 Å². The average Bonchev–Trinajstić information content (AvgIpc) is 3.33. The Balaban J connectivity index is 1.62. The van der Waals surface area contributed by atoms with E-state index in [1.807, 2.05) is 25.1 Å². The third-order valence-corrected chi connectivity index (χ3v) is 7.90. The van der Waals surface area contributed by atoms with Crippen molar-refractivity contribution in [1.82, 2.24) is 9.55 Å². The maximum atomic E-state index is 13.7. The number of methoxy groups -OCH3 is 1. The molecule has 208 valence electrons. The molecule has 1 aliphatic heterocycles. The van der Waals surface area contributed by atoms with E-state index in [9.17, 15) is 19.2 Å². The summed E-state index contributed by atoms with van der Waals surface area (Å²) in [6.07, 6.45) is 3.15. The Labute approximate surface area is 230 Å². The van der Waals surface area contributed by atoms with Crippen LogP contribution in [0, 0.1) is 0 Å². The molecule has 0 radical (unpaired) electrons. The van der Waals surface area contributed by atoms with Crippen molar-refractivity contribution < 1.29 is 29.0 Å². The van der Waals surface area contributed by atoms with Crippen LogP contribution in [-0.2, 0) is 45.1 Å². The Morgan fingerprint density at radius 3 is 2.67 bits per heavy atom. The number of aryl methyl sites for hydroxylation is 2. The Kier molecular flexibility index (Phi) is 7.29. The van der Waals surface area contributed by atoms with Gasteiger partial charge in [-0.1, -0.05) is 13.5 Å². The van der Waals surface area contributed by atoms with Crippen LogP contribution in [0.25, 0.3) is 22.3 Å². The Morgan fingerprint density at radius 1 is 1.25 bits per heavy atom. The van der Waals surface area contributed by atoms with Crippen LogP contribution in [0.3, 0.4) is 0 Å². The first kappa shape index (κ1) is 27.3. The highest BCUT2D eigenvalue weighted by atomic mass is 16.6. The number of aldehydes is 1. The molecule has 1 atom stereocenters. The average molecular weight is 546 g/mol. The van der Waals surface area contributed by atoms with Crippen LogP contribution >= 0.6 is 0 Å². The summed E-state index contributed by atoms with van der Waals surface area (Å²) in [5.41, 5.74) is 6.69. The first-order valence-electron chi connectivity index (χ1n) is 13.2. The second-order valence-electron chi connectivity index (χ2n) is 10.2. The molecule has 10 nitrogen and oxygen atoms in total. The van der Waals surface area contributed by atoms with E-state index < -0.39 is 24.6 Å². The van der Waals surface area contributed by atoms with Gasteiger partial charge in [-0.05, 0) is 60.6 Å². The van der Waals surface area contributed by atoms with E-state index in [1.165, 1.54) is 12.0 Å². The highest BCUT2D eigenvalue weighted by Crippen LogP contribution is 2.43. The normalized spacial score (nSPS) is 13.9. The van der Waals surface area contributed by atoms with Gasteiger partial charge < -0.3 is 23.9 Å². The number of rotatable bonds is 9. The molecule has 10 heteroatoms.